The van der Waals surface area contributed by atoms with Crippen LogP contribution in [-0.4, -0.2) is 12.3 Å². The largest absolute Gasteiger partial charge is 0.289 e. The van der Waals surface area contributed by atoms with E-state index in [2.05, 4.69) is 37.1 Å². The Bertz CT molecular complexity index is 197. The fourth-order valence-corrected chi connectivity index (χ4v) is 0.861. The maximum atomic E-state index is 4.36. The molecule has 1 rings (SSSR count). The van der Waals surface area contributed by atoms with Crippen molar-refractivity contribution in [2.24, 2.45) is 4.99 Å². The summed E-state index contributed by atoms with van der Waals surface area (Å²) in [6.07, 6.45) is 7.44. The second-order valence-electron chi connectivity index (χ2n) is 2.53. The fourth-order valence-electron chi connectivity index (χ4n) is 0.861. The van der Waals surface area contributed by atoms with Crippen LogP contribution in [0.1, 0.15) is 20.3 Å². The molecule has 1 aliphatic heterocycles. The van der Waals surface area contributed by atoms with Crippen molar-refractivity contribution in [3.63, 3.8) is 0 Å². The molecule has 0 unspecified atom stereocenters. The van der Waals surface area contributed by atoms with Gasteiger partial charge >= 0.3 is 0 Å². The van der Waals surface area contributed by atoms with Gasteiger partial charge in [0, 0.05) is 12.3 Å². The highest BCUT2D eigenvalue weighted by molar-refractivity contribution is 5.97. The summed E-state index contributed by atoms with van der Waals surface area (Å²) >= 11 is 0. The van der Waals surface area contributed by atoms with E-state index in [4.69, 9.17) is 0 Å². The third-order valence-corrected chi connectivity index (χ3v) is 1.70. The van der Waals surface area contributed by atoms with Crippen molar-refractivity contribution in [3.8, 4) is 0 Å². The molecule has 0 atom stereocenters. The number of allylic oxidation sites excluding steroid dienone is 3. The van der Waals surface area contributed by atoms with Crippen molar-refractivity contribution in [2.75, 3.05) is 6.54 Å². The Kier molecular flexibility index (Phi) is 2.43. The van der Waals surface area contributed by atoms with Gasteiger partial charge in [-0.25, -0.2) is 0 Å². The molecule has 54 valence electrons. The second kappa shape index (κ2) is 3.35. The number of hydrogen-bond acceptors (Lipinski definition) is 1. The average Bonchev–Trinajstić information content (AvgIpc) is 1.92. The fraction of sp³-hybridized carbons (Fsp3) is 0.444. The average molecular weight is 135 g/mol. The minimum atomic E-state index is 0.938. The van der Waals surface area contributed by atoms with Crippen molar-refractivity contribution < 1.29 is 0 Å². The molecule has 0 aromatic heterocycles. The summed E-state index contributed by atoms with van der Waals surface area (Å²) in [6, 6.07) is 0. The molecule has 0 fully saturated rings. The number of aliphatic imine (C=N–C) groups is 1. The standard InChI is InChI=1S/C9H13N/c1-8-6-4-3-5-7-10-9(8)2/h3-4,6H,5,7H2,1-2H3. The second-order valence-corrected chi connectivity index (χ2v) is 2.53. The molecule has 0 amide bonds. The molecule has 0 saturated heterocycles. The molecule has 0 aliphatic carbocycles. The zero-order chi connectivity index (χ0) is 7.40. The van der Waals surface area contributed by atoms with Crippen molar-refractivity contribution in [2.45, 2.75) is 20.3 Å². The quantitative estimate of drug-likeness (QED) is 0.483. The molecule has 1 nitrogen and oxygen atoms in total. The van der Waals surface area contributed by atoms with Gasteiger partial charge in [-0.15, -0.1) is 0 Å². The van der Waals surface area contributed by atoms with Gasteiger partial charge in [-0.1, -0.05) is 18.2 Å². The summed E-state index contributed by atoms with van der Waals surface area (Å²) in [5.74, 6) is 0. The molecular weight excluding hydrogens is 122 g/mol. The maximum Gasteiger partial charge on any atom is 0.0427 e. The SMILES string of the molecule is CC1=CC=CCCN=C1C. The molecule has 0 aromatic rings. The third kappa shape index (κ3) is 1.83. The maximum absolute atomic E-state index is 4.36. The number of hydrogen-bond donors (Lipinski definition) is 0. The molecule has 1 heterocycles. The Morgan fingerprint density at radius 2 is 2.20 bits per heavy atom. The van der Waals surface area contributed by atoms with Crippen LogP contribution in [0.15, 0.2) is 28.8 Å². The predicted octanol–water partition coefficient (Wildman–Crippen LogP) is 2.35. The monoisotopic (exact) mass is 135 g/mol. The molecular formula is C9H13N. The van der Waals surface area contributed by atoms with Crippen LogP contribution in [0.5, 0.6) is 0 Å². The number of nitrogens with zero attached hydrogens (tertiary/aromatic N) is 1. The highest BCUT2D eigenvalue weighted by Gasteiger charge is 1.93. The van der Waals surface area contributed by atoms with Crippen molar-refractivity contribution in [1.29, 1.82) is 0 Å². The zero-order valence-corrected chi connectivity index (χ0v) is 6.59. The van der Waals surface area contributed by atoms with E-state index in [0.29, 0.717) is 0 Å². The van der Waals surface area contributed by atoms with Gasteiger partial charge in [0.1, 0.15) is 0 Å². The van der Waals surface area contributed by atoms with Crippen LogP contribution in [0.25, 0.3) is 0 Å². The van der Waals surface area contributed by atoms with Gasteiger partial charge in [-0.05, 0) is 25.8 Å². The van der Waals surface area contributed by atoms with Gasteiger partial charge in [0.25, 0.3) is 0 Å². The molecule has 0 N–H and O–H groups in total. The van der Waals surface area contributed by atoms with E-state index in [0.717, 1.165) is 13.0 Å². The van der Waals surface area contributed by atoms with Gasteiger partial charge in [-0.3, -0.25) is 4.99 Å². The van der Waals surface area contributed by atoms with Crippen molar-refractivity contribution >= 4 is 5.71 Å². The highest BCUT2D eigenvalue weighted by atomic mass is 14.7. The van der Waals surface area contributed by atoms with E-state index in [-0.39, 0.29) is 0 Å². The Morgan fingerprint density at radius 1 is 1.40 bits per heavy atom. The lowest BCUT2D eigenvalue weighted by atomic mass is 10.1. The van der Waals surface area contributed by atoms with Crippen LogP contribution in [0, 0.1) is 0 Å². The molecule has 0 bridgehead atoms. The van der Waals surface area contributed by atoms with Crippen molar-refractivity contribution in [3.05, 3.63) is 23.8 Å². The lowest BCUT2D eigenvalue weighted by Gasteiger charge is -2.01. The van der Waals surface area contributed by atoms with E-state index in [1.54, 1.807) is 0 Å². The van der Waals surface area contributed by atoms with E-state index in [9.17, 15) is 0 Å². The van der Waals surface area contributed by atoms with Crippen LogP contribution < -0.4 is 0 Å². The van der Waals surface area contributed by atoms with Crippen molar-refractivity contribution in [1.82, 2.24) is 0 Å². The van der Waals surface area contributed by atoms with Gasteiger partial charge < -0.3 is 0 Å². The van der Waals surface area contributed by atoms with E-state index < -0.39 is 0 Å². The van der Waals surface area contributed by atoms with Gasteiger partial charge in [0.2, 0.25) is 0 Å². The Morgan fingerprint density at radius 3 is 3.00 bits per heavy atom. The van der Waals surface area contributed by atoms with Crippen LogP contribution in [0.2, 0.25) is 0 Å². The van der Waals surface area contributed by atoms with E-state index in [1.807, 2.05) is 0 Å². The Balaban J connectivity index is 2.81. The Hall–Kier alpha value is -0.850. The van der Waals surface area contributed by atoms with Gasteiger partial charge in [0.05, 0.1) is 0 Å². The van der Waals surface area contributed by atoms with E-state index >= 15 is 0 Å². The summed E-state index contributed by atoms with van der Waals surface area (Å²) in [6.45, 7) is 5.09. The van der Waals surface area contributed by atoms with Gasteiger partial charge in [-0.2, -0.15) is 0 Å². The minimum Gasteiger partial charge on any atom is -0.289 e. The van der Waals surface area contributed by atoms with Crippen LogP contribution in [0.4, 0.5) is 0 Å². The molecule has 0 spiro atoms. The summed E-state index contributed by atoms with van der Waals surface area (Å²) < 4.78 is 0. The van der Waals surface area contributed by atoms with Gasteiger partial charge in [0.15, 0.2) is 0 Å². The summed E-state index contributed by atoms with van der Waals surface area (Å²) in [4.78, 5) is 4.36. The first-order valence-electron chi connectivity index (χ1n) is 3.65. The Labute approximate surface area is 62.2 Å². The summed E-state index contributed by atoms with van der Waals surface area (Å²) in [5, 5.41) is 0. The molecule has 10 heavy (non-hydrogen) atoms. The zero-order valence-electron chi connectivity index (χ0n) is 6.59. The number of rotatable bonds is 0. The molecule has 1 aliphatic rings. The third-order valence-electron chi connectivity index (χ3n) is 1.70. The topological polar surface area (TPSA) is 12.4 Å². The van der Waals surface area contributed by atoms with Crippen LogP contribution in [0.3, 0.4) is 0 Å². The van der Waals surface area contributed by atoms with Crippen LogP contribution in [-0.2, 0) is 0 Å². The first-order valence-corrected chi connectivity index (χ1v) is 3.65. The minimum absolute atomic E-state index is 0.938. The summed E-state index contributed by atoms with van der Waals surface area (Å²) in [5.41, 5.74) is 2.44. The lowest BCUT2D eigenvalue weighted by molar-refractivity contribution is 1.00. The predicted molar refractivity (Wildman–Crippen MR) is 45.5 cm³/mol. The smallest absolute Gasteiger partial charge is 0.0427 e. The first-order chi connectivity index (χ1) is 4.80. The molecule has 0 radical (unpaired) electrons. The molecule has 0 aromatic carbocycles. The van der Waals surface area contributed by atoms with Crippen LogP contribution >= 0.6 is 0 Å². The lowest BCUT2D eigenvalue weighted by Crippen LogP contribution is -1.96. The summed E-state index contributed by atoms with van der Waals surface area (Å²) in [7, 11) is 0. The normalized spacial score (nSPS) is 19.0. The first kappa shape index (κ1) is 7.26. The molecule has 1 heteroatoms. The highest BCUT2D eigenvalue weighted by Crippen LogP contribution is 2.01. The van der Waals surface area contributed by atoms with E-state index in [1.165, 1.54) is 11.3 Å². The molecule has 0 saturated carbocycles.